The van der Waals surface area contributed by atoms with Gasteiger partial charge in [0.15, 0.2) is 0 Å². The number of carbonyl (C=O) groups excluding carboxylic acids is 1. The van der Waals surface area contributed by atoms with Crippen LogP contribution in [0.4, 0.5) is 0 Å². The Labute approximate surface area is 97.2 Å². The van der Waals surface area contributed by atoms with Crippen molar-refractivity contribution in [3.63, 3.8) is 0 Å². The minimum atomic E-state index is -3.04. The van der Waals surface area contributed by atoms with Crippen molar-refractivity contribution in [2.75, 3.05) is 25.9 Å². The number of amides is 1. The zero-order chi connectivity index (χ0) is 12.2. The van der Waals surface area contributed by atoms with Crippen LogP contribution in [0.5, 0.6) is 0 Å². The van der Waals surface area contributed by atoms with Crippen LogP contribution < -0.4 is 5.32 Å². The van der Waals surface area contributed by atoms with E-state index in [1.807, 2.05) is 6.92 Å². The van der Waals surface area contributed by atoms with Gasteiger partial charge in [-0.25, -0.2) is 12.7 Å². The van der Waals surface area contributed by atoms with Crippen LogP contribution in [0.3, 0.4) is 0 Å². The number of nitrogens with zero attached hydrogens (tertiary/aromatic N) is 1. The lowest BCUT2D eigenvalue weighted by Gasteiger charge is -2.30. The fraction of sp³-hybridized carbons (Fsp3) is 0.900. The Morgan fingerprint density at radius 1 is 1.38 bits per heavy atom. The first-order chi connectivity index (χ1) is 7.43. The van der Waals surface area contributed by atoms with Gasteiger partial charge in [-0.2, -0.15) is 0 Å². The maximum absolute atomic E-state index is 11.3. The van der Waals surface area contributed by atoms with Gasteiger partial charge in [0.05, 0.1) is 6.26 Å². The van der Waals surface area contributed by atoms with Crippen LogP contribution in [0.2, 0.25) is 0 Å². The first-order valence-corrected chi connectivity index (χ1v) is 7.50. The number of carbonyl (C=O) groups is 1. The Morgan fingerprint density at radius 3 is 2.38 bits per heavy atom. The second-order valence-corrected chi connectivity index (χ2v) is 6.25. The van der Waals surface area contributed by atoms with Crippen molar-refractivity contribution in [2.24, 2.45) is 5.92 Å². The third-order valence-corrected chi connectivity index (χ3v) is 4.25. The summed E-state index contributed by atoms with van der Waals surface area (Å²) in [5.41, 5.74) is 0. The number of sulfonamides is 1. The molecule has 5 nitrogen and oxygen atoms in total. The molecule has 1 N–H and O–H groups in total. The van der Waals surface area contributed by atoms with E-state index in [0.29, 0.717) is 32.0 Å². The quantitative estimate of drug-likeness (QED) is 0.772. The van der Waals surface area contributed by atoms with E-state index in [4.69, 9.17) is 0 Å². The molecule has 94 valence electrons. The molecule has 0 aliphatic carbocycles. The van der Waals surface area contributed by atoms with Gasteiger partial charge in [0, 0.05) is 26.1 Å². The summed E-state index contributed by atoms with van der Waals surface area (Å²) in [6, 6.07) is 0. The van der Waals surface area contributed by atoms with Crippen molar-refractivity contribution >= 4 is 15.9 Å². The van der Waals surface area contributed by atoms with E-state index in [-0.39, 0.29) is 5.91 Å². The average Bonchev–Trinajstić information content (AvgIpc) is 2.25. The van der Waals surface area contributed by atoms with Crippen LogP contribution in [-0.4, -0.2) is 44.5 Å². The summed E-state index contributed by atoms with van der Waals surface area (Å²) in [5.74, 6) is 0.471. The third kappa shape index (κ3) is 4.09. The molecule has 6 heteroatoms. The molecular formula is C10H20N2O3S. The normalized spacial score (nSPS) is 19.6. The van der Waals surface area contributed by atoms with Gasteiger partial charge >= 0.3 is 0 Å². The highest BCUT2D eigenvalue weighted by atomic mass is 32.2. The molecule has 1 aliphatic heterocycles. The van der Waals surface area contributed by atoms with Gasteiger partial charge in [0.2, 0.25) is 15.9 Å². The SMILES string of the molecule is CCC(=O)NCC1CCN(S(C)(=O)=O)CC1. The topological polar surface area (TPSA) is 66.5 Å². The molecule has 0 saturated carbocycles. The van der Waals surface area contributed by atoms with Crippen LogP contribution in [0, 0.1) is 5.92 Å². The van der Waals surface area contributed by atoms with Crippen LogP contribution in [-0.2, 0) is 14.8 Å². The van der Waals surface area contributed by atoms with Gasteiger partial charge in [-0.3, -0.25) is 4.79 Å². The summed E-state index contributed by atoms with van der Waals surface area (Å²) in [7, 11) is -3.04. The molecule has 1 aliphatic rings. The van der Waals surface area contributed by atoms with Gasteiger partial charge in [0.25, 0.3) is 0 Å². The lowest BCUT2D eigenvalue weighted by Crippen LogP contribution is -2.40. The Morgan fingerprint density at radius 2 is 1.94 bits per heavy atom. The summed E-state index contributed by atoms with van der Waals surface area (Å²) in [6.45, 7) is 3.64. The molecule has 1 saturated heterocycles. The zero-order valence-electron chi connectivity index (χ0n) is 9.90. The average molecular weight is 248 g/mol. The summed E-state index contributed by atoms with van der Waals surface area (Å²) < 4.78 is 24.0. The van der Waals surface area contributed by atoms with Gasteiger partial charge in [-0.05, 0) is 18.8 Å². The maximum atomic E-state index is 11.3. The van der Waals surface area contributed by atoms with Gasteiger partial charge < -0.3 is 5.32 Å². The summed E-state index contributed by atoms with van der Waals surface area (Å²) in [5, 5.41) is 2.85. The molecule has 0 unspecified atom stereocenters. The molecule has 0 radical (unpaired) electrons. The molecule has 1 amide bonds. The van der Waals surface area contributed by atoms with E-state index in [2.05, 4.69) is 5.32 Å². The lowest BCUT2D eigenvalue weighted by molar-refractivity contribution is -0.121. The number of hydrogen-bond donors (Lipinski definition) is 1. The standard InChI is InChI=1S/C10H20N2O3S/c1-3-10(13)11-8-9-4-6-12(7-5-9)16(2,14)15/h9H,3-8H2,1-2H3,(H,11,13). The number of nitrogens with one attached hydrogen (secondary N) is 1. The minimum Gasteiger partial charge on any atom is -0.356 e. The van der Waals surface area contributed by atoms with Gasteiger partial charge in [-0.1, -0.05) is 6.92 Å². The Bertz CT molecular complexity index is 332. The molecular weight excluding hydrogens is 228 g/mol. The molecule has 0 atom stereocenters. The van der Waals surface area contributed by atoms with Crippen LogP contribution in [0.25, 0.3) is 0 Å². The molecule has 0 aromatic carbocycles. The highest BCUT2D eigenvalue weighted by molar-refractivity contribution is 7.88. The smallest absolute Gasteiger partial charge is 0.219 e. The van der Waals surface area contributed by atoms with E-state index in [0.717, 1.165) is 12.8 Å². The van der Waals surface area contributed by atoms with E-state index in [1.165, 1.54) is 10.6 Å². The molecule has 1 rings (SSSR count). The second kappa shape index (κ2) is 5.63. The monoisotopic (exact) mass is 248 g/mol. The van der Waals surface area contributed by atoms with Crippen LogP contribution in [0.1, 0.15) is 26.2 Å². The highest BCUT2D eigenvalue weighted by Gasteiger charge is 2.24. The molecule has 16 heavy (non-hydrogen) atoms. The van der Waals surface area contributed by atoms with Crippen molar-refractivity contribution in [1.82, 2.24) is 9.62 Å². The summed E-state index contributed by atoms with van der Waals surface area (Å²) in [6.07, 6.45) is 3.41. The lowest BCUT2D eigenvalue weighted by atomic mass is 9.98. The van der Waals surface area contributed by atoms with Crippen molar-refractivity contribution in [3.8, 4) is 0 Å². The Balaban J connectivity index is 2.30. The van der Waals surface area contributed by atoms with Crippen LogP contribution in [0.15, 0.2) is 0 Å². The fourth-order valence-corrected chi connectivity index (χ4v) is 2.70. The molecule has 0 aromatic heterocycles. The van der Waals surface area contributed by atoms with E-state index < -0.39 is 10.0 Å². The summed E-state index contributed by atoms with van der Waals surface area (Å²) >= 11 is 0. The van der Waals surface area contributed by atoms with Crippen molar-refractivity contribution in [2.45, 2.75) is 26.2 Å². The largest absolute Gasteiger partial charge is 0.356 e. The number of hydrogen-bond acceptors (Lipinski definition) is 3. The maximum Gasteiger partial charge on any atom is 0.219 e. The second-order valence-electron chi connectivity index (χ2n) is 4.26. The Hall–Kier alpha value is -0.620. The van der Waals surface area contributed by atoms with Gasteiger partial charge in [0.1, 0.15) is 0 Å². The molecule has 0 aromatic rings. The first kappa shape index (κ1) is 13.4. The van der Waals surface area contributed by atoms with Gasteiger partial charge in [-0.15, -0.1) is 0 Å². The summed E-state index contributed by atoms with van der Waals surface area (Å²) in [4.78, 5) is 11.1. The molecule has 0 spiro atoms. The fourth-order valence-electron chi connectivity index (χ4n) is 1.83. The van der Waals surface area contributed by atoms with E-state index in [9.17, 15) is 13.2 Å². The highest BCUT2D eigenvalue weighted by Crippen LogP contribution is 2.18. The predicted octanol–water partition coefficient (Wildman–Crippen LogP) is 0.184. The van der Waals surface area contributed by atoms with Crippen molar-refractivity contribution in [3.05, 3.63) is 0 Å². The third-order valence-electron chi connectivity index (χ3n) is 2.95. The predicted molar refractivity (Wildman–Crippen MR) is 62.4 cm³/mol. The van der Waals surface area contributed by atoms with E-state index in [1.54, 1.807) is 0 Å². The number of piperidine rings is 1. The van der Waals surface area contributed by atoms with Crippen molar-refractivity contribution in [1.29, 1.82) is 0 Å². The Kier molecular flexibility index (Phi) is 4.73. The van der Waals surface area contributed by atoms with Crippen LogP contribution >= 0.6 is 0 Å². The van der Waals surface area contributed by atoms with Crippen molar-refractivity contribution < 1.29 is 13.2 Å². The van der Waals surface area contributed by atoms with E-state index >= 15 is 0 Å². The molecule has 1 heterocycles. The first-order valence-electron chi connectivity index (χ1n) is 5.65. The zero-order valence-corrected chi connectivity index (χ0v) is 10.7. The number of rotatable bonds is 4. The molecule has 1 fully saturated rings. The minimum absolute atomic E-state index is 0.0607. The molecule has 0 bridgehead atoms.